The van der Waals surface area contributed by atoms with Crippen molar-refractivity contribution in [1.29, 1.82) is 5.26 Å². The quantitative estimate of drug-likeness (QED) is 0.641. The normalized spacial score (nSPS) is 28.9. The van der Waals surface area contributed by atoms with E-state index in [1.807, 2.05) is 0 Å². The summed E-state index contributed by atoms with van der Waals surface area (Å²) in [6.07, 6.45) is 5.56. The molecule has 98 valence electrons. The molecule has 1 saturated carbocycles. The summed E-state index contributed by atoms with van der Waals surface area (Å²) in [5, 5.41) is 9.06. The molecule has 1 fully saturated rings. The van der Waals surface area contributed by atoms with Gasteiger partial charge in [0.05, 0.1) is 31.3 Å². The van der Waals surface area contributed by atoms with Gasteiger partial charge in [0.25, 0.3) is 0 Å². The van der Waals surface area contributed by atoms with E-state index in [1.165, 1.54) is 0 Å². The fourth-order valence-electron chi connectivity index (χ4n) is 2.27. The van der Waals surface area contributed by atoms with Gasteiger partial charge in [0.2, 0.25) is 0 Å². The smallest absolute Gasteiger partial charge is 0.0736 e. The Labute approximate surface area is 105 Å². The molecule has 17 heavy (non-hydrogen) atoms. The zero-order chi connectivity index (χ0) is 12.5. The number of hydrogen-bond acceptors (Lipinski definition) is 3. The Balaban J connectivity index is 2.13. The Morgan fingerprint density at radius 3 is 2.76 bits per heavy atom. The maximum absolute atomic E-state index is 9.06. The van der Waals surface area contributed by atoms with Crippen molar-refractivity contribution in [2.24, 2.45) is 11.8 Å². The first kappa shape index (κ1) is 14.5. The Hall–Kier alpha value is -0.590. The van der Waals surface area contributed by atoms with Gasteiger partial charge in [-0.25, -0.2) is 0 Å². The molecule has 1 rings (SSSR count). The van der Waals surface area contributed by atoms with Crippen molar-refractivity contribution < 1.29 is 9.47 Å². The number of rotatable bonds is 7. The van der Waals surface area contributed by atoms with E-state index in [9.17, 15) is 0 Å². The molecule has 0 radical (unpaired) electrons. The number of nitrogens with zero attached hydrogens (tertiary/aromatic N) is 1. The number of ether oxygens (including phenoxy) is 2. The van der Waals surface area contributed by atoms with E-state index in [0.29, 0.717) is 19.1 Å². The van der Waals surface area contributed by atoms with E-state index >= 15 is 0 Å². The van der Waals surface area contributed by atoms with Gasteiger partial charge in [0.1, 0.15) is 0 Å². The molecule has 3 unspecified atom stereocenters. The second kappa shape index (κ2) is 8.49. The summed E-state index contributed by atoms with van der Waals surface area (Å²) in [6.45, 7) is 6.49. The van der Waals surface area contributed by atoms with E-state index < -0.39 is 0 Å². The summed E-state index contributed by atoms with van der Waals surface area (Å²) in [5.74, 6) is 0.771. The maximum atomic E-state index is 9.06. The zero-order valence-electron chi connectivity index (χ0n) is 11.2. The first-order chi connectivity index (χ1) is 8.27. The SMILES string of the molecule is CCCCOCCOC1CC(C)CCC1C#N. The first-order valence-corrected chi connectivity index (χ1v) is 6.86. The maximum Gasteiger partial charge on any atom is 0.0736 e. The molecule has 0 bridgehead atoms. The van der Waals surface area contributed by atoms with E-state index in [4.69, 9.17) is 14.7 Å². The molecule has 0 saturated heterocycles. The van der Waals surface area contributed by atoms with Gasteiger partial charge in [0, 0.05) is 6.61 Å². The minimum absolute atomic E-state index is 0.0850. The lowest BCUT2D eigenvalue weighted by molar-refractivity contribution is -0.0347. The number of unbranched alkanes of at least 4 members (excludes halogenated alkanes) is 1. The largest absolute Gasteiger partial charge is 0.379 e. The molecule has 1 aliphatic rings. The summed E-state index contributed by atoms with van der Waals surface area (Å²) < 4.78 is 11.2. The van der Waals surface area contributed by atoms with Crippen LogP contribution in [0.4, 0.5) is 0 Å². The molecular weight excluding hydrogens is 214 g/mol. The molecule has 0 spiro atoms. The van der Waals surface area contributed by atoms with Gasteiger partial charge < -0.3 is 9.47 Å². The molecular formula is C14H25NO2. The molecule has 0 amide bonds. The monoisotopic (exact) mass is 239 g/mol. The number of nitriles is 1. The van der Waals surface area contributed by atoms with Gasteiger partial charge in [-0.2, -0.15) is 5.26 Å². The van der Waals surface area contributed by atoms with Crippen LogP contribution in [0.5, 0.6) is 0 Å². The molecule has 0 aromatic heterocycles. The van der Waals surface area contributed by atoms with Crippen LogP contribution in [0.1, 0.15) is 46.0 Å². The minimum atomic E-state index is 0.0850. The minimum Gasteiger partial charge on any atom is -0.379 e. The predicted molar refractivity (Wildman–Crippen MR) is 67.6 cm³/mol. The molecule has 3 atom stereocenters. The van der Waals surface area contributed by atoms with Crippen LogP contribution in [-0.2, 0) is 9.47 Å². The fraction of sp³-hybridized carbons (Fsp3) is 0.929. The lowest BCUT2D eigenvalue weighted by atomic mass is 9.81. The molecule has 0 aromatic carbocycles. The van der Waals surface area contributed by atoms with Crippen LogP contribution in [-0.4, -0.2) is 25.9 Å². The Morgan fingerprint density at radius 1 is 1.24 bits per heavy atom. The van der Waals surface area contributed by atoms with Crippen LogP contribution < -0.4 is 0 Å². The van der Waals surface area contributed by atoms with Crippen LogP contribution in [0.2, 0.25) is 0 Å². The summed E-state index contributed by atoms with van der Waals surface area (Å²) in [4.78, 5) is 0. The Morgan fingerprint density at radius 2 is 2.06 bits per heavy atom. The molecule has 0 heterocycles. The standard InChI is InChI=1S/C14H25NO2/c1-3-4-7-16-8-9-17-14-10-12(2)5-6-13(14)11-15/h12-14H,3-10H2,1-2H3. The molecule has 0 aromatic rings. The highest BCUT2D eigenvalue weighted by molar-refractivity contribution is 4.93. The van der Waals surface area contributed by atoms with Crippen LogP contribution in [0.15, 0.2) is 0 Å². The Kier molecular flexibility index (Phi) is 7.23. The summed E-state index contributed by atoms with van der Waals surface area (Å²) in [6, 6.07) is 2.37. The topological polar surface area (TPSA) is 42.2 Å². The van der Waals surface area contributed by atoms with Gasteiger partial charge in [-0.05, 0) is 31.6 Å². The highest BCUT2D eigenvalue weighted by atomic mass is 16.5. The molecule has 3 heteroatoms. The van der Waals surface area contributed by atoms with Gasteiger partial charge >= 0.3 is 0 Å². The zero-order valence-corrected chi connectivity index (χ0v) is 11.2. The Bertz CT molecular complexity index is 237. The lowest BCUT2D eigenvalue weighted by Crippen LogP contribution is -2.31. The average molecular weight is 239 g/mol. The van der Waals surface area contributed by atoms with Crippen LogP contribution in [0.25, 0.3) is 0 Å². The predicted octanol–water partition coefficient (Wildman–Crippen LogP) is 3.15. The molecule has 0 aliphatic heterocycles. The third-order valence-electron chi connectivity index (χ3n) is 3.42. The molecule has 1 aliphatic carbocycles. The van der Waals surface area contributed by atoms with Crippen molar-refractivity contribution in [3.05, 3.63) is 0 Å². The van der Waals surface area contributed by atoms with Gasteiger partial charge in [-0.3, -0.25) is 0 Å². The van der Waals surface area contributed by atoms with E-state index in [1.54, 1.807) is 0 Å². The number of hydrogen-bond donors (Lipinski definition) is 0. The van der Waals surface area contributed by atoms with E-state index in [-0.39, 0.29) is 12.0 Å². The van der Waals surface area contributed by atoms with Crippen LogP contribution >= 0.6 is 0 Å². The van der Waals surface area contributed by atoms with Gasteiger partial charge in [0.15, 0.2) is 0 Å². The van der Waals surface area contributed by atoms with Crippen LogP contribution in [0, 0.1) is 23.2 Å². The molecule has 3 nitrogen and oxygen atoms in total. The second-order valence-corrected chi connectivity index (χ2v) is 5.03. The second-order valence-electron chi connectivity index (χ2n) is 5.03. The van der Waals surface area contributed by atoms with Crippen molar-refractivity contribution in [1.82, 2.24) is 0 Å². The van der Waals surface area contributed by atoms with Crippen LogP contribution in [0.3, 0.4) is 0 Å². The fourth-order valence-corrected chi connectivity index (χ4v) is 2.27. The molecule has 0 N–H and O–H groups in total. The third-order valence-corrected chi connectivity index (χ3v) is 3.42. The van der Waals surface area contributed by atoms with Crippen molar-refractivity contribution in [3.63, 3.8) is 0 Å². The van der Waals surface area contributed by atoms with E-state index in [2.05, 4.69) is 19.9 Å². The van der Waals surface area contributed by atoms with Gasteiger partial charge in [-0.1, -0.05) is 20.3 Å². The van der Waals surface area contributed by atoms with Crippen molar-refractivity contribution in [2.45, 2.75) is 52.1 Å². The summed E-state index contributed by atoms with van der Waals surface area (Å²) in [7, 11) is 0. The van der Waals surface area contributed by atoms with Crippen molar-refractivity contribution in [2.75, 3.05) is 19.8 Å². The highest BCUT2D eigenvalue weighted by Gasteiger charge is 2.29. The van der Waals surface area contributed by atoms with Crippen molar-refractivity contribution >= 4 is 0 Å². The van der Waals surface area contributed by atoms with Crippen molar-refractivity contribution in [3.8, 4) is 6.07 Å². The lowest BCUT2D eigenvalue weighted by Gasteiger charge is -2.30. The van der Waals surface area contributed by atoms with E-state index in [0.717, 1.165) is 38.7 Å². The highest BCUT2D eigenvalue weighted by Crippen LogP contribution is 2.30. The first-order valence-electron chi connectivity index (χ1n) is 6.86. The third kappa shape index (κ3) is 5.52. The average Bonchev–Trinajstić information content (AvgIpc) is 2.34. The van der Waals surface area contributed by atoms with Gasteiger partial charge in [-0.15, -0.1) is 0 Å². The summed E-state index contributed by atoms with van der Waals surface area (Å²) in [5.41, 5.74) is 0. The summed E-state index contributed by atoms with van der Waals surface area (Å²) >= 11 is 0.